The largest absolute Gasteiger partial charge is 0.450 e. The summed E-state index contributed by atoms with van der Waals surface area (Å²) in [6.07, 6.45) is 2.10. The lowest BCUT2D eigenvalue weighted by Crippen LogP contribution is -2.32. The lowest BCUT2D eigenvalue weighted by atomic mass is 10.2. The quantitative estimate of drug-likeness (QED) is 0.370. The van der Waals surface area contributed by atoms with Gasteiger partial charge in [-0.2, -0.15) is 0 Å². The zero-order valence-corrected chi connectivity index (χ0v) is 17.7. The van der Waals surface area contributed by atoms with E-state index in [4.69, 9.17) is 0 Å². The molecule has 0 fully saturated rings. The number of fused-ring (bicyclic) bond motifs is 1. The fourth-order valence-corrected chi connectivity index (χ4v) is 3.63. The van der Waals surface area contributed by atoms with Gasteiger partial charge in [0.1, 0.15) is 0 Å². The second kappa shape index (κ2) is 10.5. The van der Waals surface area contributed by atoms with Gasteiger partial charge in [-0.15, -0.1) is 0 Å². The summed E-state index contributed by atoms with van der Waals surface area (Å²) < 4.78 is 7.10. The molecule has 0 aliphatic heterocycles. The summed E-state index contributed by atoms with van der Waals surface area (Å²) >= 11 is 4.51. The number of aromatic nitrogens is 2. The Labute approximate surface area is 170 Å². The van der Waals surface area contributed by atoms with Gasteiger partial charge >= 0.3 is 6.09 Å². The van der Waals surface area contributed by atoms with Gasteiger partial charge in [0.25, 0.3) is 5.56 Å². The Hall–Kier alpha value is -1.87. The molecule has 1 aromatic carbocycles. The number of hydrogen-bond acceptors (Lipinski definition) is 6. The number of unbranched alkanes of at least 4 members (excludes halogenated alkanes) is 2. The number of thioether (sulfide) groups is 1. The van der Waals surface area contributed by atoms with Crippen LogP contribution in [0.1, 0.15) is 33.1 Å². The Morgan fingerprint density at radius 1 is 1.30 bits per heavy atom. The highest BCUT2D eigenvalue weighted by atomic mass is 79.9. The standard InChI is InChI=1S/C18H22BrN3O4S/c1-3-5-6-9-22-16(24)13-10-12(19)7-8-14(13)20-17(22)27-11-15(23)21-18(25)26-4-2/h7-8,10H,3-6,9,11H2,1-2H3,(H,21,23,25). The fraction of sp³-hybridized carbons (Fsp3) is 0.444. The molecular weight excluding hydrogens is 434 g/mol. The zero-order valence-electron chi connectivity index (χ0n) is 15.3. The van der Waals surface area contributed by atoms with Crippen LogP contribution in [0.5, 0.6) is 0 Å². The van der Waals surface area contributed by atoms with Crippen LogP contribution in [0.3, 0.4) is 0 Å². The molecule has 0 radical (unpaired) electrons. The molecular formula is C18H22BrN3O4S. The molecule has 2 aromatic rings. The number of rotatable bonds is 8. The van der Waals surface area contributed by atoms with Gasteiger partial charge < -0.3 is 4.74 Å². The summed E-state index contributed by atoms with van der Waals surface area (Å²) in [6.45, 7) is 4.47. The number of alkyl carbamates (subject to hydrolysis) is 1. The number of carbonyl (C=O) groups excluding carboxylic acids is 2. The minimum absolute atomic E-state index is 0.0406. The summed E-state index contributed by atoms with van der Waals surface area (Å²) in [7, 11) is 0. The van der Waals surface area contributed by atoms with E-state index in [9.17, 15) is 14.4 Å². The van der Waals surface area contributed by atoms with E-state index in [0.717, 1.165) is 35.5 Å². The van der Waals surface area contributed by atoms with E-state index >= 15 is 0 Å². The van der Waals surface area contributed by atoms with E-state index in [-0.39, 0.29) is 17.9 Å². The highest BCUT2D eigenvalue weighted by Gasteiger charge is 2.15. The SMILES string of the molecule is CCCCCn1c(SCC(=O)NC(=O)OCC)nc2ccc(Br)cc2c1=O. The van der Waals surface area contributed by atoms with Crippen molar-refractivity contribution in [2.24, 2.45) is 0 Å². The van der Waals surface area contributed by atoms with Crippen LogP contribution in [-0.2, 0) is 16.1 Å². The minimum Gasteiger partial charge on any atom is -0.450 e. The molecule has 0 aliphatic rings. The van der Waals surface area contributed by atoms with Gasteiger partial charge in [0.15, 0.2) is 5.16 Å². The topological polar surface area (TPSA) is 90.3 Å². The van der Waals surface area contributed by atoms with E-state index in [2.05, 4.69) is 37.9 Å². The molecule has 0 saturated carbocycles. The molecule has 0 bridgehead atoms. The van der Waals surface area contributed by atoms with Crippen molar-refractivity contribution < 1.29 is 14.3 Å². The lowest BCUT2D eigenvalue weighted by Gasteiger charge is -2.13. The van der Waals surface area contributed by atoms with Gasteiger partial charge in [-0.25, -0.2) is 9.78 Å². The number of ether oxygens (including phenoxy) is 1. The smallest absolute Gasteiger partial charge is 0.413 e. The van der Waals surface area contributed by atoms with Crippen molar-refractivity contribution in [3.63, 3.8) is 0 Å². The van der Waals surface area contributed by atoms with Crippen molar-refractivity contribution in [3.05, 3.63) is 33.0 Å². The Morgan fingerprint density at radius 3 is 2.78 bits per heavy atom. The van der Waals surface area contributed by atoms with E-state index < -0.39 is 12.0 Å². The molecule has 0 unspecified atom stereocenters. The molecule has 0 aliphatic carbocycles. The molecule has 2 rings (SSSR count). The average molecular weight is 456 g/mol. The molecule has 27 heavy (non-hydrogen) atoms. The van der Waals surface area contributed by atoms with Crippen LogP contribution in [0.15, 0.2) is 32.6 Å². The molecule has 9 heteroatoms. The Kier molecular flexibility index (Phi) is 8.30. The molecule has 7 nitrogen and oxygen atoms in total. The molecule has 0 atom stereocenters. The van der Waals surface area contributed by atoms with Crippen molar-refractivity contribution in [2.45, 2.75) is 44.8 Å². The third-order valence-electron chi connectivity index (χ3n) is 3.72. The molecule has 0 saturated heterocycles. The molecule has 1 N–H and O–H groups in total. The van der Waals surface area contributed by atoms with Crippen LogP contribution < -0.4 is 10.9 Å². The molecule has 1 heterocycles. The minimum atomic E-state index is -0.778. The number of hydrogen-bond donors (Lipinski definition) is 1. The van der Waals surface area contributed by atoms with Gasteiger partial charge in [-0.05, 0) is 31.5 Å². The van der Waals surface area contributed by atoms with Crippen LogP contribution in [0.25, 0.3) is 10.9 Å². The third kappa shape index (κ3) is 6.07. The maximum atomic E-state index is 12.9. The van der Waals surface area contributed by atoms with Crippen LogP contribution in [0.2, 0.25) is 0 Å². The van der Waals surface area contributed by atoms with Crippen LogP contribution >= 0.6 is 27.7 Å². The maximum Gasteiger partial charge on any atom is 0.413 e. The first-order valence-corrected chi connectivity index (χ1v) is 10.5. The summed E-state index contributed by atoms with van der Waals surface area (Å²) in [4.78, 5) is 40.7. The lowest BCUT2D eigenvalue weighted by molar-refractivity contribution is -0.117. The van der Waals surface area contributed by atoms with Gasteiger partial charge in [0.05, 0.1) is 23.3 Å². The fourth-order valence-electron chi connectivity index (χ4n) is 2.45. The van der Waals surface area contributed by atoms with Crippen molar-refractivity contribution in [2.75, 3.05) is 12.4 Å². The zero-order chi connectivity index (χ0) is 19.8. The number of benzene rings is 1. The van der Waals surface area contributed by atoms with Gasteiger partial charge in [0.2, 0.25) is 5.91 Å². The molecule has 146 valence electrons. The number of halogens is 1. The first-order chi connectivity index (χ1) is 13.0. The van der Waals surface area contributed by atoms with Crippen LogP contribution in [0.4, 0.5) is 4.79 Å². The van der Waals surface area contributed by atoms with E-state index in [1.807, 2.05) is 6.07 Å². The summed E-state index contributed by atoms with van der Waals surface area (Å²) in [6, 6.07) is 5.33. The van der Waals surface area contributed by atoms with Crippen molar-refractivity contribution in [1.29, 1.82) is 0 Å². The summed E-state index contributed by atoms with van der Waals surface area (Å²) in [5, 5.41) is 3.13. The van der Waals surface area contributed by atoms with Gasteiger partial charge in [-0.1, -0.05) is 47.5 Å². The Bertz CT molecular complexity index is 885. The number of amides is 2. The number of imide groups is 1. The monoisotopic (exact) mass is 455 g/mol. The maximum absolute atomic E-state index is 12.9. The predicted octanol–water partition coefficient (Wildman–Crippen LogP) is 3.71. The molecule has 1 aromatic heterocycles. The van der Waals surface area contributed by atoms with Crippen molar-refractivity contribution in [3.8, 4) is 0 Å². The highest BCUT2D eigenvalue weighted by Crippen LogP contribution is 2.21. The summed E-state index contributed by atoms with van der Waals surface area (Å²) in [5.74, 6) is -0.537. The third-order valence-corrected chi connectivity index (χ3v) is 5.19. The number of nitrogens with zero attached hydrogens (tertiary/aromatic N) is 2. The van der Waals surface area contributed by atoms with Crippen LogP contribution in [-0.4, -0.2) is 33.9 Å². The Morgan fingerprint density at radius 2 is 2.07 bits per heavy atom. The summed E-state index contributed by atoms with van der Waals surface area (Å²) in [5.41, 5.74) is 0.439. The number of nitrogens with one attached hydrogen (secondary N) is 1. The first kappa shape index (κ1) is 21.4. The van der Waals surface area contributed by atoms with Crippen LogP contribution in [0, 0.1) is 0 Å². The van der Waals surface area contributed by atoms with E-state index in [0.29, 0.717) is 22.6 Å². The molecule has 2 amide bonds. The van der Waals surface area contributed by atoms with Crippen molar-refractivity contribution in [1.82, 2.24) is 14.9 Å². The average Bonchev–Trinajstić information content (AvgIpc) is 2.63. The first-order valence-electron chi connectivity index (χ1n) is 8.75. The van der Waals surface area contributed by atoms with E-state index in [1.54, 1.807) is 23.6 Å². The normalized spacial score (nSPS) is 10.8. The number of carbonyl (C=O) groups is 2. The predicted molar refractivity (Wildman–Crippen MR) is 109 cm³/mol. The molecule has 0 spiro atoms. The van der Waals surface area contributed by atoms with E-state index in [1.165, 1.54) is 0 Å². The second-order valence-corrected chi connectivity index (χ2v) is 7.64. The van der Waals surface area contributed by atoms with Crippen molar-refractivity contribution >= 4 is 50.6 Å². The Balaban J connectivity index is 2.26. The second-order valence-electron chi connectivity index (χ2n) is 5.78. The highest BCUT2D eigenvalue weighted by molar-refractivity contribution is 9.10. The van der Waals surface area contributed by atoms with Gasteiger partial charge in [0, 0.05) is 11.0 Å². The van der Waals surface area contributed by atoms with Gasteiger partial charge in [-0.3, -0.25) is 19.5 Å².